The fourth-order valence-corrected chi connectivity index (χ4v) is 3.65. The monoisotopic (exact) mass is 376 g/mol. The summed E-state index contributed by atoms with van der Waals surface area (Å²) in [4.78, 5) is 24.5. The molecule has 3 heterocycles. The molecule has 0 radical (unpaired) electrons. The van der Waals surface area contributed by atoms with Crippen LogP contribution >= 0.6 is 0 Å². The first-order valence-corrected chi connectivity index (χ1v) is 8.81. The van der Waals surface area contributed by atoms with E-state index in [0.717, 1.165) is 0 Å². The Hall–Kier alpha value is -2.22. The van der Waals surface area contributed by atoms with Crippen molar-refractivity contribution in [1.82, 2.24) is 0 Å². The molecule has 0 saturated carbocycles. The van der Waals surface area contributed by atoms with E-state index in [9.17, 15) is 19.8 Å². The Balaban J connectivity index is 2.07. The highest BCUT2D eigenvalue weighted by molar-refractivity contribution is 5.92. The molecule has 3 rings (SSSR count). The highest BCUT2D eigenvalue weighted by Crippen LogP contribution is 2.44. The Morgan fingerprint density at radius 3 is 2.81 bits per heavy atom. The van der Waals surface area contributed by atoms with Crippen molar-refractivity contribution in [3.63, 3.8) is 0 Å². The number of carbonyl (C=O) groups excluding carboxylic acids is 2. The predicted molar refractivity (Wildman–Crippen MR) is 95.2 cm³/mol. The van der Waals surface area contributed by atoms with Crippen molar-refractivity contribution in [3.05, 3.63) is 47.6 Å². The highest BCUT2D eigenvalue weighted by atomic mass is 16.6. The van der Waals surface area contributed by atoms with Crippen LogP contribution < -0.4 is 0 Å². The summed E-state index contributed by atoms with van der Waals surface area (Å²) >= 11 is 0. The molecule has 0 aliphatic carbocycles. The number of aliphatic hydroxyl groups excluding tert-OH is 1. The fourth-order valence-electron chi connectivity index (χ4n) is 3.65. The molecule has 5 unspecified atom stereocenters. The van der Waals surface area contributed by atoms with Gasteiger partial charge in [-0.05, 0) is 32.9 Å². The Morgan fingerprint density at radius 2 is 2.19 bits per heavy atom. The number of esters is 2. The molecule has 7 heteroatoms. The zero-order chi connectivity index (χ0) is 20.0. The van der Waals surface area contributed by atoms with E-state index in [1.807, 2.05) is 0 Å². The third-order valence-corrected chi connectivity index (χ3v) is 5.33. The van der Waals surface area contributed by atoms with Gasteiger partial charge in [-0.2, -0.15) is 0 Å². The molecule has 27 heavy (non-hydrogen) atoms. The molecule has 2 bridgehead atoms. The minimum Gasteiger partial charge on any atom is -0.458 e. The van der Waals surface area contributed by atoms with E-state index >= 15 is 0 Å². The van der Waals surface area contributed by atoms with Crippen LogP contribution in [0, 0.1) is 5.92 Å². The lowest BCUT2D eigenvalue weighted by Crippen LogP contribution is -2.41. The second-order valence-corrected chi connectivity index (χ2v) is 7.34. The predicted octanol–water partition coefficient (Wildman–Crippen LogP) is 1.32. The van der Waals surface area contributed by atoms with Gasteiger partial charge in [0.25, 0.3) is 0 Å². The molecule has 1 saturated heterocycles. The zero-order valence-corrected chi connectivity index (χ0v) is 15.6. The summed E-state index contributed by atoms with van der Waals surface area (Å²) in [5, 5.41) is 20.5. The van der Waals surface area contributed by atoms with E-state index in [0.29, 0.717) is 5.57 Å². The van der Waals surface area contributed by atoms with Crippen molar-refractivity contribution in [2.24, 2.45) is 5.92 Å². The molecule has 0 amide bonds. The van der Waals surface area contributed by atoms with Crippen molar-refractivity contribution in [1.29, 1.82) is 0 Å². The number of allylic oxidation sites excluding steroid dienone is 1. The van der Waals surface area contributed by atoms with Crippen molar-refractivity contribution in [2.45, 2.75) is 50.8 Å². The molecule has 146 valence electrons. The molecule has 5 atom stereocenters. The van der Waals surface area contributed by atoms with Crippen LogP contribution in [0.3, 0.4) is 0 Å². The van der Waals surface area contributed by atoms with Gasteiger partial charge in [0.05, 0.1) is 18.1 Å². The highest BCUT2D eigenvalue weighted by Gasteiger charge is 2.52. The summed E-state index contributed by atoms with van der Waals surface area (Å²) in [6.07, 6.45) is 4.76. The average molecular weight is 376 g/mol. The number of ether oxygens (including phenoxy) is 3. The van der Waals surface area contributed by atoms with Gasteiger partial charge in [-0.15, -0.1) is 0 Å². The lowest BCUT2D eigenvalue weighted by atomic mass is 9.83. The summed E-state index contributed by atoms with van der Waals surface area (Å²) in [7, 11) is 0. The molecular weight excluding hydrogens is 352 g/mol. The Kier molecular flexibility index (Phi) is 4.88. The van der Waals surface area contributed by atoms with Crippen LogP contribution in [0.5, 0.6) is 0 Å². The topological polar surface area (TPSA) is 102 Å². The van der Waals surface area contributed by atoms with Crippen molar-refractivity contribution >= 4 is 11.9 Å². The van der Waals surface area contributed by atoms with Gasteiger partial charge in [0.2, 0.25) is 5.79 Å². The van der Waals surface area contributed by atoms with Gasteiger partial charge in [0.1, 0.15) is 12.2 Å². The van der Waals surface area contributed by atoms with E-state index in [1.54, 1.807) is 32.9 Å². The maximum atomic E-state index is 12.4. The smallest absolute Gasteiger partial charge is 0.334 e. The average Bonchev–Trinajstić information content (AvgIpc) is 3.08. The summed E-state index contributed by atoms with van der Waals surface area (Å²) < 4.78 is 16.9. The normalized spacial score (nSPS) is 38.5. The molecule has 3 aliphatic heterocycles. The van der Waals surface area contributed by atoms with Gasteiger partial charge >= 0.3 is 11.9 Å². The second kappa shape index (κ2) is 6.74. The molecule has 0 aromatic carbocycles. The summed E-state index contributed by atoms with van der Waals surface area (Å²) in [5.41, 5.74) is -0.213. The Labute approximate surface area is 157 Å². The minimum atomic E-state index is -1.82. The van der Waals surface area contributed by atoms with Crippen LogP contribution in [-0.2, 0) is 23.8 Å². The SMILES string of the molecule is C=C1C(=O)OC2C=C(CO)C3(O)C=CC(C)(CC(OC(=O)/C(C)=C/C)C12)O3. The van der Waals surface area contributed by atoms with E-state index in [-0.39, 0.29) is 17.6 Å². The molecular formula is C20H24O7. The molecule has 7 nitrogen and oxygen atoms in total. The molecule has 0 spiro atoms. The zero-order valence-electron chi connectivity index (χ0n) is 15.6. The van der Waals surface area contributed by atoms with Gasteiger partial charge in [0, 0.05) is 23.1 Å². The van der Waals surface area contributed by atoms with Crippen molar-refractivity contribution in [2.75, 3.05) is 6.61 Å². The van der Waals surface area contributed by atoms with Crippen LogP contribution in [0.4, 0.5) is 0 Å². The van der Waals surface area contributed by atoms with Crippen LogP contribution in [0.15, 0.2) is 47.6 Å². The molecule has 3 aliphatic rings. The number of fused-ring (bicyclic) bond motifs is 3. The lowest BCUT2D eigenvalue weighted by molar-refractivity contribution is -0.191. The molecule has 1 fully saturated rings. The van der Waals surface area contributed by atoms with E-state index in [4.69, 9.17) is 14.2 Å². The maximum absolute atomic E-state index is 12.4. The summed E-state index contributed by atoms with van der Waals surface area (Å²) in [6.45, 7) is 8.41. The fraction of sp³-hybridized carbons (Fsp3) is 0.500. The standard InChI is InChI=1S/C20H24O7/c1-5-11(2)17(22)26-15-9-19(4)6-7-20(24,27-19)13(10-21)8-14-16(15)12(3)18(23)25-14/h5-8,14-16,21,24H,3,9-10H2,1-2,4H3/b11-5+,13-8?. The first-order chi connectivity index (χ1) is 12.6. The largest absolute Gasteiger partial charge is 0.458 e. The summed E-state index contributed by atoms with van der Waals surface area (Å²) in [6, 6.07) is 0. The second-order valence-electron chi connectivity index (χ2n) is 7.34. The van der Waals surface area contributed by atoms with Gasteiger partial charge < -0.3 is 24.4 Å². The van der Waals surface area contributed by atoms with Crippen molar-refractivity contribution in [3.8, 4) is 0 Å². The summed E-state index contributed by atoms with van der Waals surface area (Å²) in [5.74, 6) is -3.58. The van der Waals surface area contributed by atoms with Gasteiger partial charge in [-0.25, -0.2) is 9.59 Å². The molecule has 2 N–H and O–H groups in total. The minimum absolute atomic E-state index is 0.150. The van der Waals surface area contributed by atoms with E-state index < -0.39 is 48.1 Å². The van der Waals surface area contributed by atoms with Crippen LogP contribution in [0.25, 0.3) is 0 Å². The van der Waals surface area contributed by atoms with Crippen LogP contribution in [0.1, 0.15) is 27.2 Å². The Bertz CT molecular complexity index is 777. The number of carbonyl (C=O) groups is 2. The first-order valence-electron chi connectivity index (χ1n) is 8.81. The van der Waals surface area contributed by atoms with E-state index in [2.05, 4.69) is 6.58 Å². The van der Waals surface area contributed by atoms with Crippen LogP contribution in [-0.4, -0.2) is 52.4 Å². The molecule has 0 aromatic heterocycles. The molecule has 0 aromatic rings. The quantitative estimate of drug-likeness (QED) is 0.435. The number of aliphatic hydroxyl groups is 2. The van der Waals surface area contributed by atoms with E-state index in [1.165, 1.54) is 12.2 Å². The first kappa shape index (κ1) is 19.5. The van der Waals surface area contributed by atoms with Gasteiger partial charge in [0.15, 0.2) is 0 Å². The third-order valence-electron chi connectivity index (χ3n) is 5.33. The maximum Gasteiger partial charge on any atom is 0.334 e. The van der Waals surface area contributed by atoms with Crippen molar-refractivity contribution < 1.29 is 34.0 Å². The van der Waals surface area contributed by atoms with Gasteiger partial charge in [-0.1, -0.05) is 18.7 Å². The van der Waals surface area contributed by atoms with Crippen LogP contribution in [0.2, 0.25) is 0 Å². The number of hydrogen-bond donors (Lipinski definition) is 2. The van der Waals surface area contributed by atoms with Gasteiger partial charge in [-0.3, -0.25) is 0 Å². The lowest BCUT2D eigenvalue weighted by Gasteiger charge is -2.33. The Morgan fingerprint density at radius 1 is 1.48 bits per heavy atom. The number of rotatable bonds is 3. The third kappa shape index (κ3) is 3.38. The number of hydrogen-bond acceptors (Lipinski definition) is 7.